The molecule has 5 heteroatoms. The van der Waals surface area contributed by atoms with Gasteiger partial charge in [-0.05, 0) is 42.9 Å². The van der Waals surface area contributed by atoms with Crippen molar-refractivity contribution in [2.24, 2.45) is 16.8 Å². The average Bonchev–Trinajstić information content (AvgIpc) is 2.62. The molecule has 0 spiro atoms. The Kier molecular flexibility index (Phi) is 7.29. The fourth-order valence-electron chi connectivity index (χ4n) is 3.11. The second-order valence-electron chi connectivity index (χ2n) is 7.09. The minimum atomic E-state index is 0.0294. The molecule has 25 heavy (non-hydrogen) atoms. The Bertz CT molecular complexity index is 599. The lowest BCUT2D eigenvalue weighted by atomic mass is 10.0. The molecule has 1 aliphatic heterocycles. The number of hydrogen-bond acceptors (Lipinski definition) is 2. The van der Waals surface area contributed by atoms with E-state index >= 15 is 0 Å². The van der Waals surface area contributed by atoms with Gasteiger partial charge in [0.2, 0.25) is 5.91 Å². The molecule has 0 saturated carbocycles. The fourth-order valence-corrected chi connectivity index (χ4v) is 3.11. The number of nitrogens with one attached hydrogen (secondary N) is 2. The summed E-state index contributed by atoms with van der Waals surface area (Å²) in [5.41, 5.74) is 1.99. The molecule has 0 aliphatic carbocycles. The number of carbonyl (C=O) groups is 1. The van der Waals surface area contributed by atoms with Gasteiger partial charge < -0.3 is 15.5 Å². The third-order valence-corrected chi connectivity index (χ3v) is 4.87. The summed E-state index contributed by atoms with van der Waals surface area (Å²) in [4.78, 5) is 18.8. The van der Waals surface area contributed by atoms with E-state index in [1.807, 2.05) is 39.1 Å². The third kappa shape index (κ3) is 5.76. The Labute approximate surface area is 151 Å². The van der Waals surface area contributed by atoms with Crippen LogP contribution in [-0.4, -0.2) is 36.9 Å². The highest BCUT2D eigenvalue weighted by atomic mass is 16.1. The lowest BCUT2D eigenvalue weighted by Gasteiger charge is -2.33. The number of nitrogens with zero attached hydrogens (tertiary/aromatic N) is 2. The van der Waals surface area contributed by atoms with Gasteiger partial charge in [0.05, 0.1) is 0 Å². The summed E-state index contributed by atoms with van der Waals surface area (Å²) in [6.07, 6.45) is 3.36. The number of likely N-dealkylation sites (tertiary alicyclic amines) is 1. The first-order valence-corrected chi connectivity index (χ1v) is 9.38. The van der Waals surface area contributed by atoms with E-state index in [1.54, 1.807) is 0 Å². The van der Waals surface area contributed by atoms with Crippen LogP contribution in [0.25, 0.3) is 0 Å². The molecule has 1 aromatic rings. The van der Waals surface area contributed by atoms with E-state index in [-0.39, 0.29) is 11.8 Å². The van der Waals surface area contributed by atoms with Crippen molar-refractivity contribution >= 4 is 17.6 Å². The van der Waals surface area contributed by atoms with Crippen LogP contribution in [0.2, 0.25) is 0 Å². The van der Waals surface area contributed by atoms with Crippen molar-refractivity contribution in [3.63, 3.8) is 0 Å². The molecule has 1 saturated heterocycles. The number of carbonyl (C=O) groups excluding carboxylic acids is 1. The van der Waals surface area contributed by atoms with Gasteiger partial charge in [-0.2, -0.15) is 0 Å². The Balaban J connectivity index is 1.93. The molecule has 2 rings (SSSR count). The predicted octanol–water partition coefficient (Wildman–Crippen LogP) is 3.48. The van der Waals surface area contributed by atoms with Gasteiger partial charge in [0.15, 0.2) is 5.96 Å². The number of anilines is 1. The first kappa shape index (κ1) is 19.3. The van der Waals surface area contributed by atoms with Crippen LogP contribution in [0.3, 0.4) is 0 Å². The highest BCUT2D eigenvalue weighted by Crippen LogP contribution is 2.16. The van der Waals surface area contributed by atoms with Crippen molar-refractivity contribution in [3.8, 4) is 0 Å². The number of piperidine rings is 1. The molecule has 2 atom stereocenters. The fraction of sp³-hybridized carbons (Fsp3) is 0.600. The maximum absolute atomic E-state index is 12.1. The Morgan fingerprint density at radius 2 is 2.24 bits per heavy atom. The van der Waals surface area contributed by atoms with E-state index in [2.05, 4.69) is 33.5 Å². The van der Waals surface area contributed by atoms with Crippen LogP contribution in [0.1, 0.15) is 45.6 Å². The smallest absolute Gasteiger partial charge is 0.227 e. The van der Waals surface area contributed by atoms with E-state index in [0.29, 0.717) is 12.5 Å². The summed E-state index contributed by atoms with van der Waals surface area (Å²) in [5, 5.41) is 6.45. The molecule has 2 unspecified atom stereocenters. The standard InChI is InChI=1S/C20H32N4O/c1-5-16(3)19(25)23-18-10-6-9-17(12-18)13-22-20(21-4)24-11-7-8-15(2)14-24/h6,9-10,12,15-16H,5,7-8,11,13-14H2,1-4H3,(H,21,22)(H,23,25). The van der Waals surface area contributed by atoms with Crippen LogP contribution in [0.15, 0.2) is 29.3 Å². The minimum absolute atomic E-state index is 0.0294. The summed E-state index contributed by atoms with van der Waals surface area (Å²) < 4.78 is 0. The van der Waals surface area contributed by atoms with Gasteiger partial charge in [-0.15, -0.1) is 0 Å². The Morgan fingerprint density at radius 3 is 2.92 bits per heavy atom. The van der Waals surface area contributed by atoms with Crippen molar-refractivity contribution in [2.45, 2.75) is 46.6 Å². The molecule has 0 bridgehead atoms. The van der Waals surface area contributed by atoms with Crippen LogP contribution in [0.4, 0.5) is 5.69 Å². The quantitative estimate of drug-likeness (QED) is 0.635. The van der Waals surface area contributed by atoms with Crippen LogP contribution in [-0.2, 0) is 11.3 Å². The van der Waals surface area contributed by atoms with Gasteiger partial charge >= 0.3 is 0 Å². The molecular formula is C20H32N4O. The van der Waals surface area contributed by atoms with Gasteiger partial charge in [0.1, 0.15) is 0 Å². The van der Waals surface area contributed by atoms with E-state index in [9.17, 15) is 4.79 Å². The second-order valence-corrected chi connectivity index (χ2v) is 7.09. The number of amides is 1. The molecule has 0 radical (unpaired) electrons. The number of aliphatic imine (C=N–C) groups is 1. The second kappa shape index (κ2) is 9.44. The number of benzene rings is 1. The molecule has 1 aromatic carbocycles. The number of hydrogen-bond donors (Lipinski definition) is 2. The van der Waals surface area contributed by atoms with E-state index in [1.165, 1.54) is 12.8 Å². The Hall–Kier alpha value is -2.04. The monoisotopic (exact) mass is 344 g/mol. The van der Waals surface area contributed by atoms with Crippen molar-refractivity contribution < 1.29 is 4.79 Å². The van der Waals surface area contributed by atoms with Gasteiger partial charge in [0.25, 0.3) is 0 Å². The van der Waals surface area contributed by atoms with E-state index < -0.39 is 0 Å². The molecule has 5 nitrogen and oxygen atoms in total. The first-order chi connectivity index (χ1) is 12.0. The van der Waals surface area contributed by atoms with E-state index in [0.717, 1.165) is 36.7 Å². The zero-order chi connectivity index (χ0) is 18.2. The highest BCUT2D eigenvalue weighted by molar-refractivity contribution is 5.92. The maximum atomic E-state index is 12.1. The van der Waals surface area contributed by atoms with Crippen molar-refractivity contribution in [2.75, 3.05) is 25.5 Å². The zero-order valence-electron chi connectivity index (χ0n) is 16.0. The van der Waals surface area contributed by atoms with Crippen molar-refractivity contribution in [1.82, 2.24) is 10.2 Å². The molecule has 138 valence electrons. The average molecular weight is 345 g/mol. The summed E-state index contributed by atoms with van der Waals surface area (Å²) in [6, 6.07) is 8.01. The molecule has 2 N–H and O–H groups in total. The zero-order valence-corrected chi connectivity index (χ0v) is 16.0. The van der Waals surface area contributed by atoms with Gasteiger partial charge in [-0.25, -0.2) is 0 Å². The summed E-state index contributed by atoms with van der Waals surface area (Å²) in [7, 11) is 1.84. The lowest BCUT2D eigenvalue weighted by molar-refractivity contribution is -0.119. The van der Waals surface area contributed by atoms with Gasteiger partial charge in [0, 0.05) is 38.3 Å². The SMILES string of the molecule is CCC(C)C(=O)Nc1cccc(CNC(=NC)N2CCCC(C)C2)c1. The maximum Gasteiger partial charge on any atom is 0.227 e. The van der Waals surface area contributed by atoms with Crippen molar-refractivity contribution in [3.05, 3.63) is 29.8 Å². The molecular weight excluding hydrogens is 312 g/mol. The van der Waals surface area contributed by atoms with Crippen LogP contribution < -0.4 is 10.6 Å². The third-order valence-electron chi connectivity index (χ3n) is 4.87. The summed E-state index contributed by atoms with van der Waals surface area (Å²) >= 11 is 0. The molecule has 0 aromatic heterocycles. The van der Waals surface area contributed by atoms with Gasteiger partial charge in [-0.1, -0.05) is 32.9 Å². The van der Waals surface area contributed by atoms with Crippen LogP contribution >= 0.6 is 0 Å². The molecule has 1 fully saturated rings. The van der Waals surface area contributed by atoms with Crippen LogP contribution in [0.5, 0.6) is 0 Å². The van der Waals surface area contributed by atoms with Crippen LogP contribution in [0, 0.1) is 11.8 Å². The van der Waals surface area contributed by atoms with Gasteiger partial charge in [-0.3, -0.25) is 9.79 Å². The predicted molar refractivity (Wildman–Crippen MR) is 105 cm³/mol. The Morgan fingerprint density at radius 1 is 1.44 bits per heavy atom. The minimum Gasteiger partial charge on any atom is -0.352 e. The topological polar surface area (TPSA) is 56.7 Å². The van der Waals surface area contributed by atoms with E-state index in [4.69, 9.17) is 0 Å². The first-order valence-electron chi connectivity index (χ1n) is 9.38. The highest BCUT2D eigenvalue weighted by Gasteiger charge is 2.19. The molecule has 1 heterocycles. The lowest BCUT2D eigenvalue weighted by Crippen LogP contribution is -2.45. The number of rotatable bonds is 5. The summed E-state index contributed by atoms with van der Waals surface area (Å²) in [6.45, 7) is 9.09. The van der Waals surface area contributed by atoms with Crippen molar-refractivity contribution in [1.29, 1.82) is 0 Å². The summed E-state index contributed by atoms with van der Waals surface area (Å²) in [5.74, 6) is 1.78. The largest absolute Gasteiger partial charge is 0.352 e. The molecule has 1 amide bonds. The normalized spacial score (nSPS) is 19.4. The number of guanidine groups is 1. The molecule has 1 aliphatic rings.